The fourth-order valence-electron chi connectivity index (χ4n) is 4.84. The maximum Gasteiger partial charge on any atom is 0.244 e. The number of aliphatic imine (C=N–C) groups is 1. The second-order valence-electron chi connectivity index (χ2n) is 9.13. The van der Waals surface area contributed by atoms with Crippen molar-refractivity contribution < 1.29 is 14.4 Å². The Kier molecular flexibility index (Phi) is 8.98. The monoisotopic (exact) mass is 528 g/mol. The molecule has 3 heterocycles. The number of aromatic nitrogens is 1. The summed E-state index contributed by atoms with van der Waals surface area (Å²) in [6.07, 6.45) is 4.82. The van der Waals surface area contributed by atoms with Crippen LogP contribution in [0.2, 0.25) is 0 Å². The van der Waals surface area contributed by atoms with Crippen molar-refractivity contribution in [3.05, 3.63) is 52.5 Å². The molecule has 4 rings (SSSR count). The highest BCUT2D eigenvalue weighted by atomic mass is 32.2. The van der Waals surface area contributed by atoms with Crippen LogP contribution in [0.15, 0.2) is 46.9 Å². The van der Waals surface area contributed by atoms with E-state index in [0.717, 1.165) is 24.2 Å². The predicted octanol–water partition coefficient (Wildman–Crippen LogP) is 1.83. The number of Topliss-reactive ketones (excluding diaryl/α,β-unsaturated/α-hetero) is 1. The van der Waals surface area contributed by atoms with E-state index in [9.17, 15) is 14.4 Å². The normalized spacial score (nSPS) is 22.4. The van der Waals surface area contributed by atoms with Crippen LogP contribution < -0.4 is 16.8 Å². The third kappa shape index (κ3) is 6.44. The first-order chi connectivity index (χ1) is 17.4. The first-order valence-electron chi connectivity index (χ1n) is 12.2. The van der Waals surface area contributed by atoms with E-state index in [2.05, 4.69) is 15.3 Å². The number of carbonyl (C=O) groups excluding carboxylic acids is 3. The highest BCUT2D eigenvalue weighted by molar-refractivity contribution is 7.99. The van der Waals surface area contributed by atoms with Gasteiger partial charge in [0.15, 0.2) is 11.0 Å². The summed E-state index contributed by atoms with van der Waals surface area (Å²) in [4.78, 5) is 50.1. The molecule has 36 heavy (non-hydrogen) atoms. The van der Waals surface area contributed by atoms with Gasteiger partial charge in [0.1, 0.15) is 6.04 Å². The number of amides is 2. The standard InChI is InChI=1S/C25H32N6O3S2/c26-25(27)29-10-4-7-19(21(32)23-28-11-12-36-23)30-22(33)20-15-35-14-18-9-8-17(24(34)31(18)20)13-16-5-2-1-3-6-16/h1-3,5-6,11-12,17-20H,4,7-10,13-15H2,(H,30,33)(H4,26,27,29)/t17-,18-,19?,20+/m1/s1. The van der Waals surface area contributed by atoms with E-state index in [1.807, 2.05) is 30.3 Å². The minimum absolute atomic E-state index is 0.0132. The van der Waals surface area contributed by atoms with Gasteiger partial charge in [0.25, 0.3) is 0 Å². The second-order valence-corrected chi connectivity index (χ2v) is 11.1. The van der Waals surface area contributed by atoms with Gasteiger partial charge in [-0.05, 0) is 37.7 Å². The molecule has 192 valence electrons. The summed E-state index contributed by atoms with van der Waals surface area (Å²) in [6, 6.07) is 8.66. The maximum atomic E-state index is 13.6. The smallest absolute Gasteiger partial charge is 0.244 e. The average Bonchev–Trinajstić information content (AvgIpc) is 3.42. The Morgan fingerprint density at radius 2 is 2.00 bits per heavy atom. The highest BCUT2D eigenvalue weighted by Crippen LogP contribution is 2.34. The van der Waals surface area contributed by atoms with E-state index in [1.165, 1.54) is 11.3 Å². The lowest BCUT2D eigenvalue weighted by molar-refractivity contribution is -0.149. The van der Waals surface area contributed by atoms with Gasteiger partial charge in [0, 0.05) is 41.6 Å². The molecule has 0 spiro atoms. The van der Waals surface area contributed by atoms with Crippen LogP contribution in [0, 0.1) is 5.92 Å². The van der Waals surface area contributed by atoms with Crippen molar-refractivity contribution in [1.29, 1.82) is 0 Å². The Balaban J connectivity index is 1.47. The topological polar surface area (TPSA) is 144 Å². The van der Waals surface area contributed by atoms with E-state index in [-0.39, 0.29) is 35.5 Å². The van der Waals surface area contributed by atoms with Crippen molar-refractivity contribution in [3.8, 4) is 0 Å². The minimum atomic E-state index is -0.761. The minimum Gasteiger partial charge on any atom is -0.370 e. The van der Waals surface area contributed by atoms with Crippen LogP contribution in [0.1, 0.15) is 41.0 Å². The van der Waals surface area contributed by atoms with E-state index < -0.39 is 12.1 Å². The number of carbonyl (C=O) groups is 3. The number of thiazole rings is 1. The number of benzene rings is 1. The lowest BCUT2D eigenvalue weighted by Crippen LogP contribution is -2.63. The van der Waals surface area contributed by atoms with Crippen molar-refractivity contribution >= 4 is 46.7 Å². The summed E-state index contributed by atoms with van der Waals surface area (Å²) in [5, 5.41) is 5.01. The third-order valence-electron chi connectivity index (χ3n) is 6.62. The molecule has 0 saturated carbocycles. The molecular weight excluding hydrogens is 496 g/mol. The summed E-state index contributed by atoms with van der Waals surface area (Å²) < 4.78 is 0. The number of thioether (sulfide) groups is 1. The molecule has 5 N–H and O–H groups in total. The van der Waals surface area contributed by atoms with E-state index in [1.54, 1.807) is 28.2 Å². The van der Waals surface area contributed by atoms with Crippen LogP contribution in [-0.4, -0.2) is 69.6 Å². The average molecular weight is 529 g/mol. The van der Waals surface area contributed by atoms with Crippen LogP contribution >= 0.6 is 23.1 Å². The molecule has 0 radical (unpaired) electrons. The van der Waals surface area contributed by atoms with Gasteiger partial charge in [-0.25, -0.2) is 4.98 Å². The van der Waals surface area contributed by atoms with Crippen molar-refractivity contribution in [1.82, 2.24) is 15.2 Å². The van der Waals surface area contributed by atoms with Crippen LogP contribution in [0.25, 0.3) is 0 Å². The molecule has 1 aromatic heterocycles. The molecule has 2 saturated heterocycles. The third-order valence-corrected chi connectivity index (χ3v) is 8.58. The molecule has 0 aliphatic carbocycles. The SMILES string of the molecule is NC(N)=NCCCC(NC(=O)[C@@H]1CSC[C@H]2CC[C@H](Cc3ccccc3)C(=O)N21)C(=O)c1nccs1. The summed E-state index contributed by atoms with van der Waals surface area (Å²) in [5.74, 6) is 0.681. The molecule has 2 fully saturated rings. The van der Waals surface area contributed by atoms with Gasteiger partial charge in [0.05, 0.1) is 6.04 Å². The van der Waals surface area contributed by atoms with Crippen molar-refractivity contribution in [3.63, 3.8) is 0 Å². The van der Waals surface area contributed by atoms with Gasteiger partial charge in [-0.3, -0.25) is 19.4 Å². The summed E-state index contributed by atoms with van der Waals surface area (Å²) in [5.41, 5.74) is 11.9. The zero-order valence-electron chi connectivity index (χ0n) is 20.0. The predicted molar refractivity (Wildman–Crippen MR) is 143 cm³/mol. The van der Waals surface area contributed by atoms with Crippen molar-refractivity contribution in [2.45, 2.75) is 50.2 Å². The quantitative estimate of drug-likeness (QED) is 0.185. The van der Waals surface area contributed by atoms with Gasteiger partial charge >= 0.3 is 0 Å². The van der Waals surface area contributed by atoms with Crippen LogP contribution in [0.5, 0.6) is 0 Å². The van der Waals surface area contributed by atoms with Gasteiger partial charge in [-0.1, -0.05) is 30.3 Å². The van der Waals surface area contributed by atoms with Crippen LogP contribution in [0.3, 0.4) is 0 Å². The molecule has 2 aliphatic rings. The molecule has 1 unspecified atom stereocenters. The van der Waals surface area contributed by atoms with E-state index in [4.69, 9.17) is 11.5 Å². The lowest BCUT2D eigenvalue weighted by atomic mass is 9.86. The number of guanidine groups is 1. The summed E-state index contributed by atoms with van der Waals surface area (Å²) >= 11 is 2.92. The highest BCUT2D eigenvalue weighted by Gasteiger charge is 2.44. The number of nitrogens with one attached hydrogen (secondary N) is 1. The van der Waals surface area contributed by atoms with E-state index >= 15 is 0 Å². The number of fused-ring (bicyclic) bond motifs is 1. The molecule has 11 heteroatoms. The number of piperidine rings is 1. The molecule has 2 amide bonds. The number of nitrogens with zero attached hydrogens (tertiary/aromatic N) is 3. The van der Waals surface area contributed by atoms with Gasteiger partial charge < -0.3 is 21.7 Å². The lowest BCUT2D eigenvalue weighted by Gasteiger charge is -2.46. The maximum absolute atomic E-state index is 13.6. The second kappa shape index (κ2) is 12.4. The van der Waals surface area contributed by atoms with E-state index in [0.29, 0.717) is 36.6 Å². The van der Waals surface area contributed by atoms with Crippen LogP contribution in [0.4, 0.5) is 0 Å². The van der Waals surface area contributed by atoms with Gasteiger partial charge in [-0.15, -0.1) is 11.3 Å². The number of hydrogen-bond donors (Lipinski definition) is 3. The molecule has 4 atom stereocenters. The molecule has 1 aromatic carbocycles. The van der Waals surface area contributed by atoms with Gasteiger partial charge in [0.2, 0.25) is 17.6 Å². The Hall–Kier alpha value is -2.92. The summed E-state index contributed by atoms with van der Waals surface area (Å²) in [7, 11) is 0. The molecular formula is C25H32N6O3S2. The summed E-state index contributed by atoms with van der Waals surface area (Å²) in [6.45, 7) is 0.354. The molecule has 0 bridgehead atoms. The Labute approximate surface area is 219 Å². The Bertz CT molecular complexity index is 1070. The number of hydrogen-bond acceptors (Lipinski definition) is 7. The number of rotatable bonds is 10. The first-order valence-corrected chi connectivity index (χ1v) is 14.2. The van der Waals surface area contributed by atoms with Crippen molar-refractivity contribution in [2.24, 2.45) is 22.4 Å². The molecule has 2 aliphatic heterocycles. The first kappa shape index (κ1) is 26.2. The Morgan fingerprint density at radius 1 is 1.19 bits per heavy atom. The molecule has 2 aromatic rings. The van der Waals surface area contributed by atoms with Gasteiger partial charge in [-0.2, -0.15) is 11.8 Å². The zero-order valence-corrected chi connectivity index (χ0v) is 21.7. The van der Waals surface area contributed by atoms with Crippen LogP contribution in [-0.2, 0) is 16.0 Å². The molecule has 9 nitrogen and oxygen atoms in total. The number of ketones is 1. The zero-order chi connectivity index (χ0) is 25.5. The number of nitrogens with two attached hydrogens (primary N) is 2. The Morgan fingerprint density at radius 3 is 2.72 bits per heavy atom. The fraction of sp³-hybridized carbons (Fsp3) is 0.480. The fourth-order valence-corrected chi connectivity index (χ4v) is 6.74. The van der Waals surface area contributed by atoms with Crippen molar-refractivity contribution in [2.75, 3.05) is 18.1 Å². The largest absolute Gasteiger partial charge is 0.370 e.